The molecule has 5 rings (SSSR count). The van der Waals surface area contributed by atoms with E-state index in [2.05, 4.69) is 17.5 Å². The minimum atomic E-state index is -0.0516. The number of nitrogens with one attached hydrogen (secondary N) is 1. The Balaban J connectivity index is 1.45. The SMILES string of the molecule is Nc1ccc(C(=O)N2CCc3cc(C(=O)NC4CC4)sc3C3C=CC=CC32)cc1. The normalized spacial score (nSPS) is 22.6. The zero-order chi connectivity index (χ0) is 20.0. The van der Waals surface area contributed by atoms with Crippen molar-refractivity contribution in [2.75, 3.05) is 12.3 Å². The Morgan fingerprint density at radius 1 is 1.10 bits per heavy atom. The number of anilines is 1. The molecule has 1 saturated carbocycles. The number of nitrogens with two attached hydrogens (primary N) is 1. The van der Waals surface area contributed by atoms with Gasteiger partial charge in [0.2, 0.25) is 0 Å². The number of fused-ring (bicyclic) bond motifs is 3. The number of amides is 2. The van der Waals surface area contributed by atoms with E-state index < -0.39 is 0 Å². The second-order valence-corrected chi connectivity index (χ2v) is 8.99. The molecule has 5 nitrogen and oxygen atoms in total. The largest absolute Gasteiger partial charge is 0.399 e. The average Bonchev–Trinajstić information content (AvgIpc) is 3.47. The summed E-state index contributed by atoms with van der Waals surface area (Å²) in [6.45, 7) is 0.621. The van der Waals surface area contributed by atoms with Crippen molar-refractivity contribution in [3.8, 4) is 0 Å². The topological polar surface area (TPSA) is 75.4 Å². The highest BCUT2D eigenvalue weighted by molar-refractivity contribution is 7.14. The molecule has 0 spiro atoms. The van der Waals surface area contributed by atoms with Crippen molar-refractivity contribution in [1.29, 1.82) is 0 Å². The van der Waals surface area contributed by atoms with Crippen molar-refractivity contribution >= 4 is 28.8 Å². The molecule has 6 heteroatoms. The van der Waals surface area contributed by atoms with Gasteiger partial charge >= 0.3 is 0 Å². The van der Waals surface area contributed by atoms with Crippen LogP contribution in [0.3, 0.4) is 0 Å². The van der Waals surface area contributed by atoms with Crippen molar-refractivity contribution in [3.63, 3.8) is 0 Å². The van der Waals surface area contributed by atoms with E-state index in [4.69, 9.17) is 5.73 Å². The number of carbonyl (C=O) groups is 2. The van der Waals surface area contributed by atoms with E-state index in [0.29, 0.717) is 23.8 Å². The number of nitrogens with zero attached hydrogens (tertiary/aromatic N) is 1. The Bertz CT molecular complexity index is 1020. The third-order valence-electron chi connectivity index (χ3n) is 5.79. The summed E-state index contributed by atoms with van der Waals surface area (Å²) in [6.07, 6.45) is 11.2. The van der Waals surface area contributed by atoms with Gasteiger partial charge in [0.1, 0.15) is 0 Å². The summed E-state index contributed by atoms with van der Waals surface area (Å²) in [5.41, 5.74) is 8.25. The van der Waals surface area contributed by atoms with E-state index in [1.165, 1.54) is 10.4 Å². The lowest BCUT2D eigenvalue weighted by atomic mass is 9.91. The molecule has 0 bridgehead atoms. The molecule has 2 amide bonds. The molecular weight excluding hydrogens is 382 g/mol. The van der Waals surface area contributed by atoms with E-state index in [0.717, 1.165) is 24.1 Å². The van der Waals surface area contributed by atoms with Gasteiger partial charge in [0, 0.05) is 34.6 Å². The van der Waals surface area contributed by atoms with Gasteiger partial charge in [-0.2, -0.15) is 0 Å². The molecule has 2 aromatic rings. The van der Waals surface area contributed by atoms with E-state index in [-0.39, 0.29) is 23.8 Å². The summed E-state index contributed by atoms with van der Waals surface area (Å²) >= 11 is 1.57. The first-order valence-corrected chi connectivity index (χ1v) is 10.9. The van der Waals surface area contributed by atoms with Crippen LogP contribution in [0, 0.1) is 0 Å². The second-order valence-electron chi connectivity index (χ2n) is 7.90. The number of hydrogen-bond acceptors (Lipinski definition) is 4. The number of hydrogen-bond donors (Lipinski definition) is 2. The highest BCUT2D eigenvalue weighted by Crippen LogP contribution is 2.40. The van der Waals surface area contributed by atoms with Crippen LogP contribution in [-0.2, 0) is 6.42 Å². The first kappa shape index (κ1) is 18.2. The van der Waals surface area contributed by atoms with Crippen LogP contribution in [0.1, 0.15) is 49.2 Å². The molecule has 0 saturated heterocycles. The van der Waals surface area contributed by atoms with Crippen molar-refractivity contribution < 1.29 is 9.59 Å². The molecule has 3 N–H and O–H groups in total. The Morgan fingerprint density at radius 2 is 1.86 bits per heavy atom. The minimum absolute atomic E-state index is 0.0156. The Kier molecular flexibility index (Phi) is 4.51. The smallest absolute Gasteiger partial charge is 0.261 e. The zero-order valence-electron chi connectivity index (χ0n) is 16.0. The van der Waals surface area contributed by atoms with Crippen molar-refractivity contribution in [2.24, 2.45) is 0 Å². The van der Waals surface area contributed by atoms with Crippen molar-refractivity contribution in [2.45, 2.75) is 37.3 Å². The first-order valence-electron chi connectivity index (χ1n) is 10.0. The van der Waals surface area contributed by atoms with Crippen LogP contribution in [0.4, 0.5) is 5.69 Å². The van der Waals surface area contributed by atoms with Gasteiger partial charge in [-0.3, -0.25) is 9.59 Å². The lowest BCUT2D eigenvalue weighted by Crippen LogP contribution is -2.42. The molecule has 2 unspecified atom stereocenters. The predicted octanol–water partition coefficient (Wildman–Crippen LogP) is 3.50. The van der Waals surface area contributed by atoms with E-state index in [9.17, 15) is 9.59 Å². The van der Waals surface area contributed by atoms with E-state index in [1.54, 1.807) is 35.6 Å². The van der Waals surface area contributed by atoms with Gasteiger partial charge in [-0.1, -0.05) is 24.3 Å². The molecule has 1 aromatic carbocycles. The van der Waals surface area contributed by atoms with Gasteiger partial charge < -0.3 is 16.0 Å². The fraction of sp³-hybridized carbons (Fsp3) is 0.304. The third-order valence-corrected chi connectivity index (χ3v) is 7.06. The fourth-order valence-electron chi connectivity index (χ4n) is 4.07. The second kappa shape index (κ2) is 7.19. The maximum Gasteiger partial charge on any atom is 0.261 e. The molecule has 1 fully saturated rings. The monoisotopic (exact) mass is 405 g/mol. The summed E-state index contributed by atoms with van der Waals surface area (Å²) in [4.78, 5) is 29.7. The van der Waals surface area contributed by atoms with Crippen LogP contribution in [0.2, 0.25) is 0 Å². The van der Waals surface area contributed by atoms with Gasteiger partial charge in [-0.05, 0) is 55.2 Å². The third kappa shape index (κ3) is 3.49. The Labute approximate surface area is 173 Å². The average molecular weight is 406 g/mol. The molecule has 0 radical (unpaired) electrons. The van der Waals surface area contributed by atoms with Gasteiger partial charge in [-0.25, -0.2) is 0 Å². The molecule has 2 aliphatic carbocycles. The van der Waals surface area contributed by atoms with Crippen LogP contribution in [0.5, 0.6) is 0 Å². The molecule has 2 heterocycles. The van der Waals surface area contributed by atoms with Crippen LogP contribution in [-0.4, -0.2) is 35.3 Å². The molecule has 2 atom stereocenters. The molecule has 29 heavy (non-hydrogen) atoms. The van der Waals surface area contributed by atoms with Gasteiger partial charge in [-0.15, -0.1) is 11.3 Å². The highest BCUT2D eigenvalue weighted by atomic mass is 32.1. The van der Waals surface area contributed by atoms with E-state index >= 15 is 0 Å². The van der Waals surface area contributed by atoms with Crippen LogP contribution >= 0.6 is 11.3 Å². The number of allylic oxidation sites excluding steroid dienone is 2. The van der Waals surface area contributed by atoms with E-state index in [1.807, 2.05) is 23.1 Å². The summed E-state index contributed by atoms with van der Waals surface area (Å²) in [6, 6.07) is 9.43. The fourth-order valence-corrected chi connectivity index (χ4v) is 5.31. The number of carbonyl (C=O) groups excluding carboxylic acids is 2. The van der Waals surface area contributed by atoms with Gasteiger partial charge in [0.25, 0.3) is 11.8 Å². The van der Waals surface area contributed by atoms with Crippen LogP contribution in [0.25, 0.3) is 0 Å². The maximum absolute atomic E-state index is 13.3. The maximum atomic E-state index is 13.3. The minimum Gasteiger partial charge on any atom is -0.399 e. The molecule has 148 valence electrons. The van der Waals surface area contributed by atoms with Gasteiger partial charge in [0.05, 0.1) is 10.9 Å². The predicted molar refractivity (Wildman–Crippen MR) is 115 cm³/mol. The number of rotatable bonds is 3. The molecule has 3 aliphatic rings. The quantitative estimate of drug-likeness (QED) is 0.768. The molecular formula is C23H23N3O2S. The standard InChI is InChI=1S/C23H23N3O2S/c24-16-7-5-14(6-8-16)23(28)26-12-11-15-13-20(22(27)25-17-9-10-17)29-21(15)18-3-1-2-4-19(18)26/h1-8,13,17-19H,9-12,24H2,(H,25,27). The van der Waals surface area contributed by atoms with Gasteiger partial charge in [0.15, 0.2) is 0 Å². The Hall–Kier alpha value is -2.86. The lowest BCUT2D eigenvalue weighted by molar-refractivity contribution is 0.0710. The Morgan fingerprint density at radius 3 is 2.62 bits per heavy atom. The lowest BCUT2D eigenvalue weighted by Gasteiger charge is -2.33. The van der Waals surface area contributed by atoms with Crippen LogP contribution < -0.4 is 11.1 Å². The number of thiophene rings is 1. The molecule has 1 aromatic heterocycles. The first-order chi connectivity index (χ1) is 14.1. The van der Waals surface area contributed by atoms with Crippen molar-refractivity contribution in [3.05, 3.63) is 75.5 Å². The summed E-state index contributed by atoms with van der Waals surface area (Å²) in [5, 5.41) is 3.08. The zero-order valence-corrected chi connectivity index (χ0v) is 16.8. The highest BCUT2D eigenvalue weighted by Gasteiger charge is 2.36. The molecule has 1 aliphatic heterocycles. The summed E-state index contributed by atoms with van der Waals surface area (Å²) in [7, 11) is 0. The summed E-state index contributed by atoms with van der Waals surface area (Å²) in [5.74, 6) is 0.122. The number of nitrogen functional groups attached to an aromatic ring is 1. The van der Waals surface area contributed by atoms with Crippen molar-refractivity contribution in [1.82, 2.24) is 10.2 Å². The number of benzene rings is 1. The van der Waals surface area contributed by atoms with Crippen LogP contribution in [0.15, 0.2) is 54.6 Å². The summed E-state index contributed by atoms with van der Waals surface area (Å²) < 4.78 is 0.